The lowest BCUT2D eigenvalue weighted by Crippen LogP contribution is -2.56. The molecule has 4 rings (SSSR count). The van der Waals surface area contributed by atoms with Crippen LogP contribution in [-0.2, 0) is 6.42 Å². The molecule has 1 amide bonds. The van der Waals surface area contributed by atoms with Gasteiger partial charge in [-0.05, 0) is 56.6 Å². The van der Waals surface area contributed by atoms with Gasteiger partial charge in [0.25, 0.3) is 11.9 Å². The average Bonchev–Trinajstić information content (AvgIpc) is 3.35. The van der Waals surface area contributed by atoms with Gasteiger partial charge in [0.15, 0.2) is 17.2 Å². The van der Waals surface area contributed by atoms with Gasteiger partial charge in [-0.1, -0.05) is 20.8 Å². The fraction of sp³-hybridized carbons (Fsp3) is 0.615. The van der Waals surface area contributed by atoms with Crippen LogP contribution in [0.2, 0.25) is 0 Å². The third-order valence-corrected chi connectivity index (χ3v) is 7.53. The first kappa shape index (κ1) is 26.2. The number of aryl methyl sites for hydroxylation is 1. The summed E-state index contributed by atoms with van der Waals surface area (Å²) in [5.74, 6) is -0.597. The molecule has 2 N–H and O–H groups in total. The molecule has 1 aromatic heterocycles. The molecule has 0 bridgehead atoms. The highest BCUT2D eigenvalue weighted by Crippen LogP contribution is 2.41. The van der Waals surface area contributed by atoms with Crippen LogP contribution in [0.3, 0.4) is 0 Å². The Hall–Kier alpha value is -2.91. The summed E-state index contributed by atoms with van der Waals surface area (Å²) in [6.07, 6.45) is -1.20. The van der Waals surface area contributed by atoms with Crippen LogP contribution in [0.15, 0.2) is 16.5 Å². The second-order valence-electron chi connectivity index (χ2n) is 10.4. The number of ether oxygens (including phenoxy) is 1. The molecule has 1 aliphatic carbocycles. The summed E-state index contributed by atoms with van der Waals surface area (Å²) in [6, 6.07) is 2.96. The smallest absolute Gasteiger partial charge is 0.396 e. The zero-order valence-corrected chi connectivity index (χ0v) is 21.2. The van der Waals surface area contributed by atoms with Crippen molar-refractivity contribution >= 4 is 17.6 Å². The molecule has 1 aromatic carbocycles. The van der Waals surface area contributed by atoms with E-state index in [2.05, 4.69) is 31.1 Å². The Labute approximate surface area is 209 Å². The number of hydrogen-bond acceptors (Lipinski definition) is 6. The lowest BCUT2D eigenvalue weighted by molar-refractivity contribution is -0.130. The highest BCUT2D eigenvalue weighted by molar-refractivity contribution is 6.04. The fourth-order valence-electron chi connectivity index (χ4n) is 5.15. The standard InChI is InChI=1S/C26H34F3N3O4/c1-5-25(6-2)13-32(14-25)24-31-21(20(36-24)12-26(27,28)29)23(34)30-17-10-16(4)22(19(33)11-17)35-18-8-7-15(3)9-18/h10-11,15,18,33H,5-9,12-14H2,1-4H3,(H,30,34)/t15?,18-/m1/s1. The molecule has 7 nitrogen and oxygen atoms in total. The number of carbonyl (C=O) groups is 1. The van der Waals surface area contributed by atoms with Crippen molar-refractivity contribution < 1.29 is 32.2 Å². The van der Waals surface area contributed by atoms with Crippen LogP contribution in [0.25, 0.3) is 0 Å². The minimum absolute atomic E-state index is 0.0178. The lowest BCUT2D eigenvalue weighted by Gasteiger charge is -2.49. The third kappa shape index (κ3) is 5.57. The number of nitrogens with one attached hydrogen (secondary N) is 1. The highest BCUT2D eigenvalue weighted by Gasteiger charge is 2.43. The number of amides is 1. The first-order valence-corrected chi connectivity index (χ1v) is 12.5. The Bertz CT molecular complexity index is 1080. The number of hydrogen-bond donors (Lipinski definition) is 2. The van der Waals surface area contributed by atoms with E-state index in [-0.39, 0.29) is 29.0 Å². The molecule has 1 saturated carbocycles. The first-order chi connectivity index (χ1) is 16.9. The summed E-state index contributed by atoms with van der Waals surface area (Å²) < 4.78 is 51.1. The van der Waals surface area contributed by atoms with E-state index in [0.29, 0.717) is 30.3 Å². The van der Waals surface area contributed by atoms with E-state index in [1.165, 1.54) is 6.07 Å². The summed E-state index contributed by atoms with van der Waals surface area (Å²) in [7, 11) is 0. The molecule has 10 heteroatoms. The zero-order chi connectivity index (χ0) is 26.3. The molecule has 198 valence electrons. The number of carbonyl (C=O) groups excluding carboxylic acids is 1. The molecule has 1 aliphatic heterocycles. The van der Waals surface area contributed by atoms with E-state index in [0.717, 1.165) is 32.1 Å². The Morgan fingerprint density at radius 2 is 1.97 bits per heavy atom. The van der Waals surface area contributed by atoms with E-state index in [4.69, 9.17) is 9.15 Å². The van der Waals surface area contributed by atoms with Crippen LogP contribution in [0.4, 0.5) is 24.9 Å². The van der Waals surface area contributed by atoms with Crippen LogP contribution >= 0.6 is 0 Å². The summed E-state index contributed by atoms with van der Waals surface area (Å²) in [5.41, 5.74) is 0.503. The normalized spacial score (nSPS) is 21.4. The largest absolute Gasteiger partial charge is 0.504 e. The van der Waals surface area contributed by atoms with Crippen LogP contribution < -0.4 is 15.0 Å². The molecule has 1 saturated heterocycles. The van der Waals surface area contributed by atoms with Crippen molar-refractivity contribution in [1.29, 1.82) is 0 Å². The number of oxazole rings is 1. The Kier molecular flexibility index (Phi) is 7.16. The van der Waals surface area contributed by atoms with E-state index in [1.807, 2.05) is 0 Å². The van der Waals surface area contributed by atoms with Gasteiger partial charge in [0, 0.05) is 30.3 Å². The maximum Gasteiger partial charge on any atom is 0.396 e. The van der Waals surface area contributed by atoms with Gasteiger partial charge in [0.1, 0.15) is 12.2 Å². The number of rotatable bonds is 8. The van der Waals surface area contributed by atoms with Crippen molar-refractivity contribution in [3.8, 4) is 11.5 Å². The summed E-state index contributed by atoms with van der Waals surface area (Å²) >= 11 is 0. The monoisotopic (exact) mass is 509 g/mol. The Balaban J connectivity index is 1.52. The number of phenols is 1. The third-order valence-electron chi connectivity index (χ3n) is 7.53. The highest BCUT2D eigenvalue weighted by atomic mass is 19.4. The van der Waals surface area contributed by atoms with Gasteiger partial charge >= 0.3 is 6.18 Å². The number of benzene rings is 1. The van der Waals surface area contributed by atoms with Gasteiger partial charge in [-0.2, -0.15) is 18.2 Å². The van der Waals surface area contributed by atoms with Gasteiger partial charge < -0.3 is 24.5 Å². The first-order valence-electron chi connectivity index (χ1n) is 12.5. The maximum absolute atomic E-state index is 13.2. The van der Waals surface area contributed by atoms with E-state index < -0.39 is 30.0 Å². The summed E-state index contributed by atoms with van der Waals surface area (Å²) in [4.78, 5) is 18.9. The molecule has 2 fully saturated rings. The van der Waals surface area contributed by atoms with Crippen LogP contribution in [0.1, 0.15) is 74.7 Å². The number of nitrogens with zero attached hydrogens (tertiary/aromatic N) is 2. The van der Waals surface area contributed by atoms with Crippen molar-refractivity contribution in [2.75, 3.05) is 23.3 Å². The Morgan fingerprint density at radius 1 is 1.28 bits per heavy atom. The second kappa shape index (κ2) is 9.86. The quantitative estimate of drug-likeness (QED) is 0.438. The van der Waals surface area contributed by atoms with Crippen LogP contribution in [0.5, 0.6) is 11.5 Å². The molecule has 2 aliphatic rings. The molecule has 36 heavy (non-hydrogen) atoms. The fourth-order valence-corrected chi connectivity index (χ4v) is 5.15. The molecule has 2 atom stereocenters. The van der Waals surface area contributed by atoms with E-state index >= 15 is 0 Å². The lowest BCUT2D eigenvalue weighted by atomic mass is 9.75. The van der Waals surface area contributed by atoms with Crippen molar-refractivity contribution in [3.05, 3.63) is 29.2 Å². The van der Waals surface area contributed by atoms with E-state index in [9.17, 15) is 23.1 Å². The minimum Gasteiger partial charge on any atom is -0.504 e. The molecular formula is C26H34F3N3O4. The molecule has 2 aromatic rings. The zero-order valence-electron chi connectivity index (χ0n) is 21.2. The van der Waals surface area contributed by atoms with Crippen molar-refractivity contribution in [3.63, 3.8) is 0 Å². The maximum atomic E-state index is 13.2. The van der Waals surface area contributed by atoms with Crippen molar-refractivity contribution in [2.45, 2.75) is 78.5 Å². The summed E-state index contributed by atoms with van der Waals surface area (Å²) in [5, 5.41) is 13.1. The predicted octanol–water partition coefficient (Wildman–Crippen LogP) is 6.24. The van der Waals surface area contributed by atoms with Crippen LogP contribution in [-0.4, -0.2) is 41.4 Å². The summed E-state index contributed by atoms with van der Waals surface area (Å²) in [6.45, 7) is 9.27. The van der Waals surface area contributed by atoms with Gasteiger partial charge in [-0.25, -0.2) is 0 Å². The number of anilines is 2. The molecule has 2 heterocycles. The second-order valence-corrected chi connectivity index (χ2v) is 10.4. The van der Waals surface area contributed by atoms with Crippen molar-refractivity contribution in [2.24, 2.45) is 11.3 Å². The molecular weight excluding hydrogens is 475 g/mol. The molecule has 0 radical (unpaired) electrons. The SMILES string of the molecule is CCC1(CC)CN(c2nc(C(=O)Nc3cc(C)c(O[C@@H]4CCC(C)C4)c(O)c3)c(CC(F)(F)F)o2)C1. The number of phenolic OH excluding ortho intramolecular Hbond substituents is 1. The van der Waals surface area contributed by atoms with Crippen LogP contribution in [0, 0.1) is 18.3 Å². The number of aromatic hydroxyl groups is 1. The topological polar surface area (TPSA) is 87.8 Å². The van der Waals surface area contributed by atoms with Gasteiger partial charge in [-0.15, -0.1) is 0 Å². The number of aromatic nitrogens is 1. The van der Waals surface area contributed by atoms with Gasteiger partial charge in [0.2, 0.25) is 0 Å². The Morgan fingerprint density at radius 3 is 2.53 bits per heavy atom. The van der Waals surface area contributed by atoms with Crippen molar-refractivity contribution in [1.82, 2.24) is 4.98 Å². The average molecular weight is 510 g/mol. The minimum atomic E-state index is -4.57. The predicted molar refractivity (Wildman–Crippen MR) is 130 cm³/mol. The van der Waals surface area contributed by atoms with Gasteiger partial charge in [-0.3, -0.25) is 4.79 Å². The number of halogens is 3. The van der Waals surface area contributed by atoms with E-state index in [1.54, 1.807) is 17.9 Å². The number of alkyl halides is 3. The molecule has 1 unspecified atom stereocenters. The van der Waals surface area contributed by atoms with Gasteiger partial charge in [0.05, 0.1) is 6.10 Å². The molecule has 0 spiro atoms.